The maximum absolute atomic E-state index is 12.3. The van der Waals surface area contributed by atoms with Crippen LogP contribution in [0.3, 0.4) is 0 Å². The molecule has 0 radical (unpaired) electrons. The Morgan fingerprint density at radius 3 is 2.64 bits per heavy atom. The predicted molar refractivity (Wildman–Crippen MR) is 82.2 cm³/mol. The summed E-state index contributed by atoms with van der Waals surface area (Å²) in [7, 11) is 0. The van der Waals surface area contributed by atoms with Crippen LogP contribution in [-0.4, -0.2) is 57.5 Å². The van der Waals surface area contributed by atoms with Crippen molar-refractivity contribution in [2.24, 2.45) is 5.41 Å². The SMILES string of the molecule is CC(C)N1CC2(CCC1=O)CCN(C(=O)c1ccn[nH]1)CC2. The van der Waals surface area contributed by atoms with E-state index in [1.165, 1.54) is 0 Å². The molecular weight excluding hydrogens is 280 g/mol. The molecule has 1 aromatic rings. The maximum Gasteiger partial charge on any atom is 0.271 e. The van der Waals surface area contributed by atoms with Gasteiger partial charge < -0.3 is 9.80 Å². The average Bonchev–Trinajstić information content (AvgIpc) is 3.04. The summed E-state index contributed by atoms with van der Waals surface area (Å²) < 4.78 is 0. The molecule has 2 fully saturated rings. The van der Waals surface area contributed by atoms with Crippen LogP contribution in [-0.2, 0) is 4.79 Å². The van der Waals surface area contributed by atoms with Crippen LogP contribution in [0.4, 0.5) is 0 Å². The van der Waals surface area contributed by atoms with E-state index in [0.717, 1.165) is 38.9 Å². The summed E-state index contributed by atoms with van der Waals surface area (Å²) in [5.41, 5.74) is 0.752. The van der Waals surface area contributed by atoms with Crippen LogP contribution in [0.5, 0.6) is 0 Å². The molecule has 3 rings (SSSR count). The Morgan fingerprint density at radius 2 is 2.05 bits per heavy atom. The maximum atomic E-state index is 12.3. The average molecular weight is 304 g/mol. The van der Waals surface area contributed by atoms with Gasteiger partial charge in [0.25, 0.3) is 5.91 Å². The van der Waals surface area contributed by atoms with Crippen LogP contribution in [0.15, 0.2) is 12.3 Å². The van der Waals surface area contributed by atoms with Crippen LogP contribution in [0.25, 0.3) is 0 Å². The first-order valence-corrected chi connectivity index (χ1v) is 8.09. The summed E-state index contributed by atoms with van der Waals surface area (Å²) in [6.07, 6.45) is 5.16. The largest absolute Gasteiger partial charge is 0.340 e. The Balaban J connectivity index is 1.64. The number of nitrogens with one attached hydrogen (secondary N) is 1. The van der Waals surface area contributed by atoms with Crippen molar-refractivity contribution in [3.63, 3.8) is 0 Å². The molecule has 2 aliphatic rings. The zero-order valence-electron chi connectivity index (χ0n) is 13.3. The summed E-state index contributed by atoms with van der Waals surface area (Å²) in [6.45, 7) is 6.52. The monoisotopic (exact) mass is 304 g/mol. The molecule has 0 aromatic carbocycles. The third-order valence-electron chi connectivity index (χ3n) is 5.16. The lowest BCUT2D eigenvalue weighted by atomic mass is 9.72. The molecule has 1 aromatic heterocycles. The van der Waals surface area contributed by atoms with Crippen molar-refractivity contribution >= 4 is 11.8 Å². The number of amides is 2. The number of carbonyl (C=O) groups excluding carboxylic acids is 2. The minimum Gasteiger partial charge on any atom is -0.340 e. The van der Waals surface area contributed by atoms with E-state index < -0.39 is 0 Å². The van der Waals surface area contributed by atoms with E-state index in [1.807, 2.05) is 9.80 Å². The van der Waals surface area contributed by atoms with Gasteiger partial charge in [-0.15, -0.1) is 0 Å². The van der Waals surface area contributed by atoms with Crippen molar-refractivity contribution in [1.29, 1.82) is 0 Å². The lowest BCUT2D eigenvalue weighted by Crippen LogP contribution is -2.54. The molecular formula is C16H24N4O2. The quantitative estimate of drug-likeness (QED) is 0.903. The Bertz CT molecular complexity index is 545. The minimum absolute atomic E-state index is 0.0277. The first kappa shape index (κ1) is 15.1. The summed E-state index contributed by atoms with van der Waals surface area (Å²) in [6, 6.07) is 1.97. The van der Waals surface area contributed by atoms with E-state index in [9.17, 15) is 9.59 Å². The highest BCUT2D eigenvalue weighted by Gasteiger charge is 2.42. The van der Waals surface area contributed by atoms with Gasteiger partial charge in [0.1, 0.15) is 5.69 Å². The fourth-order valence-electron chi connectivity index (χ4n) is 3.65. The molecule has 6 nitrogen and oxygen atoms in total. The number of nitrogens with zero attached hydrogens (tertiary/aromatic N) is 3. The summed E-state index contributed by atoms with van der Waals surface area (Å²) >= 11 is 0. The number of aromatic nitrogens is 2. The van der Waals surface area contributed by atoms with E-state index >= 15 is 0 Å². The number of rotatable bonds is 2. The van der Waals surface area contributed by atoms with Gasteiger partial charge in [-0.1, -0.05) is 0 Å². The van der Waals surface area contributed by atoms with Gasteiger partial charge >= 0.3 is 0 Å². The van der Waals surface area contributed by atoms with Crippen LogP contribution < -0.4 is 0 Å². The summed E-state index contributed by atoms with van der Waals surface area (Å²) in [5.74, 6) is 0.302. The normalized spacial score (nSPS) is 21.7. The van der Waals surface area contributed by atoms with E-state index in [-0.39, 0.29) is 23.3 Å². The second-order valence-electron chi connectivity index (χ2n) is 6.88. The van der Waals surface area contributed by atoms with E-state index in [2.05, 4.69) is 24.0 Å². The number of hydrogen-bond acceptors (Lipinski definition) is 3. The van der Waals surface area contributed by atoms with Crippen molar-refractivity contribution in [2.75, 3.05) is 19.6 Å². The van der Waals surface area contributed by atoms with Crippen LogP contribution in [0, 0.1) is 5.41 Å². The highest BCUT2D eigenvalue weighted by atomic mass is 16.2. The van der Waals surface area contributed by atoms with E-state index in [1.54, 1.807) is 12.3 Å². The lowest BCUT2D eigenvalue weighted by molar-refractivity contribution is -0.141. The zero-order chi connectivity index (χ0) is 15.7. The Morgan fingerprint density at radius 1 is 1.32 bits per heavy atom. The second-order valence-corrected chi connectivity index (χ2v) is 6.88. The molecule has 6 heteroatoms. The molecule has 1 N–H and O–H groups in total. The first-order valence-electron chi connectivity index (χ1n) is 8.09. The van der Waals surface area contributed by atoms with Gasteiger partial charge in [0.05, 0.1) is 0 Å². The van der Waals surface area contributed by atoms with Crippen molar-refractivity contribution in [3.05, 3.63) is 18.0 Å². The van der Waals surface area contributed by atoms with Crippen LogP contribution in [0.2, 0.25) is 0 Å². The third-order valence-corrected chi connectivity index (χ3v) is 5.16. The predicted octanol–water partition coefficient (Wildman–Crippen LogP) is 1.66. The van der Waals surface area contributed by atoms with Crippen LogP contribution in [0.1, 0.15) is 50.0 Å². The fraction of sp³-hybridized carbons (Fsp3) is 0.688. The molecule has 22 heavy (non-hydrogen) atoms. The molecule has 0 unspecified atom stereocenters. The molecule has 2 amide bonds. The Kier molecular flexibility index (Phi) is 3.93. The minimum atomic E-state index is 0.0277. The van der Waals surface area contributed by atoms with Gasteiger partial charge in [0.2, 0.25) is 5.91 Å². The standard InChI is InChI=1S/C16H24N4O2/c1-12(2)20-11-16(5-3-14(20)21)6-9-19(10-7-16)15(22)13-4-8-17-18-13/h4,8,12H,3,5-7,9-11H2,1-2H3,(H,17,18). The second kappa shape index (κ2) is 5.74. The molecule has 2 aliphatic heterocycles. The zero-order valence-corrected chi connectivity index (χ0v) is 13.3. The lowest BCUT2D eigenvalue weighted by Gasteiger charge is -2.48. The summed E-state index contributed by atoms with van der Waals surface area (Å²) in [5, 5.41) is 6.58. The van der Waals surface area contributed by atoms with Crippen molar-refractivity contribution in [1.82, 2.24) is 20.0 Å². The fourth-order valence-corrected chi connectivity index (χ4v) is 3.65. The highest BCUT2D eigenvalue weighted by molar-refractivity contribution is 5.92. The number of H-pyrrole nitrogens is 1. The number of hydrogen-bond donors (Lipinski definition) is 1. The van der Waals surface area contributed by atoms with Crippen molar-refractivity contribution in [2.45, 2.75) is 45.6 Å². The number of aromatic amines is 1. The Hall–Kier alpha value is -1.85. The van der Waals surface area contributed by atoms with Gasteiger partial charge in [-0.25, -0.2) is 0 Å². The highest BCUT2D eigenvalue weighted by Crippen LogP contribution is 2.40. The van der Waals surface area contributed by atoms with E-state index in [4.69, 9.17) is 0 Å². The van der Waals surface area contributed by atoms with Gasteiger partial charge in [0, 0.05) is 38.3 Å². The number of carbonyl (C=O) groups is 2. The smallest absolute Gasteiger partial charge is 0.271 e. The molecule has 120 valence electrons. The Labute approximate surface area is 130 Å². The molecule has 0 bridgehead atoms. The third kappa shape index (κ3) is 2.74. The van der Waals surface area contributed by atoms with Crippen molar-refractivity contribution in [3.8, 4) is 0 Å². The van der Waals surface area contributed by atoms with Gasteiger partial charge in [-0.2, -0.15) is 5.10 Å². The molecule has 1 spiro atoms. The van der Waals surface area contributed by atoms with Gasteiger partial charge in [-0.05, 0) is 44.6 Å². The number of piperidine rings is 2. The topological polar surface area (TPSA) is 69.3 Å². The first-order chi connectivity index (χ1) is 10.5. The van der Waals surface area contributed by atoms with Gasteiger partial charge in [0.15, 0.2) is 0 Å². The molecule has 0 atom stereocenters. The molecule has 0 aliphatic carbocycles. The molecule has 3 heterocycles. The van der Waals surface area contributed by atoms with E-state index in [0.29, 0.717) is 12.1 Å². The summed E-state index contributed by atoms with van der Waals surface area (Å²) in [4.78, 5) is 28.3. The van der Waals surface area contributed by atoms with Crippen molar-refractivity contribution < 1.29 is 9.59 Å². The van der Waals surface area contributed by atoms with Crippen LogP contribution >= 0.6 is 0 Å². The molecule has 0 saturated carbocycles. The number of likely N-dealkylation sites (tertiary alicyclic amines) is 2. The molecule has 2 saturated heterocycles. The van der Waals surface area contributed by atoms with Gasteiger partial charge in [-0.3, -0.25) is 14.7 Å².